The highest BCUT2D eigenvalue weighted by molar-refractivity contribution is 5.92. The molecular weight excluding hydrogens is 392 g/mol. The van der Waals surface area contributed by atoms with Crippen LogP contribution >= 0.6 is 0 Å². The second kappa shape index (κ2) is 7.30. The molecule has 2 saturated heterocycles. The minimum atomic E-state index is -4.52. The summed E-state index contributed by atoms with van der Waals surface area (Å²) in [5.74, 6) is -1.15. The van der Waals surface area contributed by atoms with Gasteiger partial charge in [-0.15, -0.1) is 0 Å². The fourth-order valence-corrected chi connectivity index (χ4v) is 4.03. The van der Waals surface area contributed by atoms with Crippen LogP contribution in [0.1, 0.15) is 26.2 Å². The van der Waals surface area contributed by atoms with Crippen LogP contribution in [0.5, 0.6) is 0 Å². The smallest absolute Gasteiger partial charge is 0.377 e. The zero-order valence-corrected chi connectivity index (χ0v) is 16.2. The standard InChI is InChI=1S/C19H24F4N4O2/c1-11-10-29-8-7-25(11)17-16(20)12(2)26-6-5-15(19(21,22)23)27(18(26)24-17)9-14(28)13-3-4-13/h11,13,15H,2-10H2,1H3/t11-,15?/m1/s1. The Morgan fingerprint density at radius 1 is 1.28 bits per heavy atom. The Labute approximate surface area is 166 Å². The van der Waals surface area contributed by atoms with Gasteiger partial charge in [0, 0.05) is 19.0 Å². The van der Waals surface area contributed by atoms with Crippen LogP contribution in [0.4, 0.5) is 17.6 Å². The molecule has 1 aliphatic carbocycles. The van der Waals surface area contributed by atoms with Gasteiger partial charge < -0.3 is 19.4 Å². The molecule has 0 bridgehead atoms. The van der Waals surface area contributed by atoms with Gasteiger partial charge in [-0.2, -0.15) is 18.2 Å². The highest BCUT2D eigenvalue weighted by Crippen LogP contribution is 2.39. The van der Waals surface area contributed by atoms with E-state index in [1.807, 2.05) is 6.92 Å². The molecule has 10 heteroatoms. The molecule has 0 aromatic rings. The van der Waals surface area contributed by atoms with Gasteiger partial charge in [-0.1, -0.05) is 6.58 Å². The molecule has 1 saturated carbocycles. The minimum absolute atomic E-state index is 0.0202. The van der Waals surface area contributed by atoms with Crippen molar-refractivity contribution in [3.05, 3.63) is 23.9 Å². The van der Waals surface area contributed by atoms with E-state index in [4.69, 9.17) is 4.74 Å². The molecule has 2 atom stereocenters. The number of ketones is 1. The monoisotopic (exact) mass is 416 g/mol. The van der Waals surface area contributed by atoms with Gasteiger partial charge in [-0.25, -0.2) is 4.39 Å². The first-order valence-electron chi connectivity index (χ1n) is 9.84. The normalized spacial score (nSPS) is 28.5. The molecule has 3 aliphatic heterocycles. The first-order valence-corrected chi connectivity index (χ1v) is 9.84. The molecule has 0 aromatic carbocycles. The number of alkyl halides is 3. The average molecular weight is 416 g/mol. The van der Waals surface area contributed by atoms with E-state index in [0.717, 1.165) is 4.90 Å². The van der Waals surface area contributed by atoms with Crippen molar-refractivity contribution in [2.45, 2.75) is 44.4 Å². The number of hydrogen-bond donors (Lipinski definition) is 0. The first kappa shape index (κ1) is 20.2. The van der Waals surface area contributed by atoms with Gasteiger partial charge in [-0.05, 0) is 26.2 Å². The number of guanidine groups is 1. The summed E-state index contributed by atoms with van der Waals surface area (Å²) in [6, 6.07) is -2.02. The first-order chi connectivity index (χ1) is 13.7. The number of aliphatic imine (C=N–C) groups is 1. The summed E-state index contributed by atoms with van der Waals surface area (Å²) in [5.41, 5.74) is -0.0202. The van der Waals surface area contributed by atoms with Crippen LogP contribution in [-0.4, -0.2) is 77.6 Å². The van der Waals surface area contributed by atoms with Gasteiger partial charge in [0.2, 0.25) is 5.96 Å². The quantitative estimate of drug-likeness (QED) is 0.660. The SMILES string of the molecule is C=C1C(F)=C(N2CCOC[C@H]2C)N=C2N1CCC(C(F)(F)F)N2CC(=O)C1CC1. The molecule has 3 fully saturated rings. The van der Waals surface area contributed by atoms with Crippen molar-refractivity contribution in [3.63, 3.8) is 0 Å². The predicted octanol–water partition coefficient (Wildman–Crippen LogP) is 2.65. The highest BCUT2D eigenvalue weighted by Gasteiger charge is 2.51. The fraction of sp³-hybridized carbons (Fsp3) is 0.684. The molecule has 4 aliphatic rings. The molecular formula is C19H24F4N4O2. The molecule has 0 radical (unpaired) electrons. The second-order valence-electron chi connectivity index (χ2n) is 7.98. The molecule has 4 rings (SSSR count). The van der Waals surface area contributed by atoms with Crippen LogP contribution in [0.25, 0.3) is 0 Å². The molecule has 160 valence electrons. The number of rotatable bonds is 4. The average Bonchev–Trinajstić information content (AvgIpc) is 3.50. The van der Waals surface area contributed by atoms with Crippen molar-refractivity contribution in [1.82, 2.24) is 14.7 Å². The number of hydrogen-bond acceptors (Lipinski definition) is 6. The lowest BCUT2D eigenvalue weighted by Gasteiger charge is -2.47. The lowest BCUT2D eigenvalue weighted by molar-refractivity contribution is -0.181. The Balaban J connectivity index is 1.72. The van der Waals surface area contributed by atoms with Gasteiger partial charge in [0.25, 0.3) is 0 Å². The number of morpholine rings is 1. The zero-order valence-electron chi connectivity index (χ0n) is 16.2. The summed E-state index contributed by atoms with van der Waals surface area (Å²) in [6.45, 7) is 6.26. The fourth-order valence-electron chi connectivity index (χ4n) is 4.03. The molecule has 29 heavy (non-hydrogen) atoms. The van der Waals surface area contributed by atoms with Crippen molar-refractivity contribution in [2.24, 2.45) is 10.9 Å². The van der Waals surface area contributed by atoms with Crippen LogP contribution in [-0.2, 0) is 9.53 Å². The zero-order chi connectivity index (χ0) is 20.9. The number of carbonyl (C=O) groups excluding carboxylic acids is 1. The molecule has 0 amide bonds. The topological polar surface area (TPSA) is 48.4 Å². The van der Waals surface area contributed by atoms with E-state index in [-0.39, 0.29) is 54.7 Å². The van der Waals surface area contributed by atoms with Crippen LogP contribution in [0, 0.1) is 5.92 Å². The molecule has 3 heterocycles. The number of halogens is 4. The summed E-state index contributed by atoms with van der Waals surface area (Å²) in [4.78, 5) is 20.7. The summed E-state index contributed by atoms with van der Waals surface area (Å²) in [5, 5.41) is 0. The second-order valence-corrected chi connectivity index (χ2v) is 7.98. The highest BCUT2D eigenvalue weighted by atomic mass is 19.4. The van der Waals surface area contributed by atoms with Crippen molar-refractivity contribution in [2.75, 3.05) is 32.8 Å². The van der Waals surface area contributed by atoms with E-state index < -0.39 is 18.0 Å². The Morgan fingerprint density at radius 2 is 2.00 bits per heavy atom. The number of carbonyl (C=O) groups is 1. The molecule has 0 N–H and O–H groups in total. The third-order valence-corrected chi connectivity index (χ3v) is 5.86. The lowest BCUT2D eigenvalue weighted by atomic mass is 10.1. The summed E-state index contributed by atoms with van der Waals surface area (Å²) in [6.07, 6.45) is -3.39. The molecule has 0 spiro atoms. The third kappa shape index (κ3) is 3.74. The summed E-state index contributed by atoms with van der Waals surface area (Å²) in [7, 11) is 0. The summed E-state index contributed by atoms with van der Waals surface area (Å²) < 4.78 is 61.7. The maximum Gasteiger partial charge on any atom is 0.408 e. The van der Waals surface area contributed by atoms with E-state index in [2.05, 4.69) is 11.6 Å². The number of Topliss-reactive ketones (excluding diaryl/α,β-unsaturated/α-hetero) is 1. The van der Waals surface area contributed by atoms with E-state index >= 15 is 4.39 Å². The van der Waals surface area contributed by atoms with E-state index in [1.54, 1.807) is 4.90 Å². The van der Waals surface area contributed by atoms with E-state index in [9.17, 15) is 18.0 Å². The number of allylic oxidation sites excluding steroid dienone is 1. The number of ether oxygens (including phenoxy) is 1. The maximum absolute atomic E-state index is 15.1. The predicted molar refractivity (Wildman–Crippen MR) is 97.3 cm³/mol. The van der Waals surface area contributed by atoms with Gasteiger partial charge >= 0.3 is 6.18 Å². The number of fused-ring (bicyclic) bond motifs is 1. The van der Waals surface area contributed by atoms with Crippen LogP contribution in [0.15, 0.2) is 28.9 Å². The Hall–Kier alpha value is -2.10. The van der Waals surface area contributed by atoms with Crippen molar-refractivity contribution in [1.29, 1.82) is 0 Å². The maximum atomic E-state index is 15.1. The Bertz CT molecular complexity index is 775. The van der Waals surface area contributed by atoms with Crippen molar-refractivity contribution < 1.29 is 27.1 Å². The lowest BCUT2D eigenvalue weighted by Crippen LogP contribution is -2.61. The van der Waals surface area contributed by atoms with E-state index in [1.165, 1.54) is 4.90 Å². The molecule has 6 nitrogen and oxygen atoms in total. The number of nitrogens with zero attached hydrogens (tertiary/aromatic N) is 4. The van der Waals surface area contributed by atoms with Gasteiger partial charge in [0.1, 0.15) is 6.04 Å². The Morgan fingerprint density at radius 3 is 2.62 bits per heavy atom. The van der Waals surface area contributed by atoms with Gasteiger partial charge in [-0.3, -0.25) is 4.79 Å². The largest absolute Gasteiger partial charge is 0.408 e. The van der Waals surface area contributed by atoms with Crippen molar-refractivity contribution in [3.8, 4) is 0 Å². The Kier molecular flexibility index (Phi) is 5.08. The van der Waals surface area contributed by atoms with Crippen LogP contribution in [0.2, 0.25) is 0 Å². The van der Waals surface area contributed by atoms with Gasteiger partial charge in [0.15, 0.2) is 17.4 Å². The van der Waals surface area contributed by atoms with E-state index in [0.29, 0.717) is 32.6 Å². The van der Waals surface area contributed by atoms with Crippen molar-refractivity contribution >= 4 is 11.7 Å². The summed E-state index contributed by atoms with van der Waals surface area (Å²) >= 11 is 0. The minimum Gasteiger partial charge on any atom is -0.377 e. The van der Waals surface area contributed by atoms with Crippen LogP contribution in [0.3, 0.4) is 0 Å². The molecule has 0 aromatic heterocycles. The van der Waals surface area contributed by atoms with Crippen LogP contribution < -0.4 is 0 Å². The third-order valence-electron chi connectivity index (χ3n) is 5.86. The molecule has 1 unspecified atom stereocenters. The van der Waals surface area contributed by atoms with Gasteiger partial charge in [0.05, 0.1) is 31.5 Å².